The molecule has 8 nitrogen and oxygen atoms in total. The number of aromatic nitrogens is 1. The van der Waals surface area contributed by atoms with Crippen molar-refractivity contribution in [2.45, 2.75) is 26.2 Å². The van der Waals surface area contributed by atoms with E-state index in [0.717, 1.165) is 52.4 Å². The number of hydrogen-bond donors (Lipinski definition) is 2. The molecule has 0 bridgehead atoms. The predicted molar refractivity (Wildman–Crippen MR) is 145 cm³/mol. The Morgan fingerprint density at radius 3 is 2.64 bits per heavy atom. The quantitative estimate of drug-likeness (QED) is 0.168. The van der Waals surface area contributed by atoms with Crippen LogP contribution in [0.3, 0.4) is 0 Å². The first kappa shape index (κ1) is 24.6. The lowest BCUT2D eigenvalue weighted by atomic mass is 10.1. The number of aromatic amines is 1. The third kappa shape index (κ3) is 6.08. The Balaban J connectivity index is 0.962. The molecule has 0 aliphatic carbocycles. The van der Waals surface area contributed by atoms with Gasteiger partial charge in [0.05, 0.1) is 6.54 Å². The first-order valence-corrected chi connectivity index (χ1v) is 12.8. The topological polar surface area (TPSA) is 95.0 Å². The number of hydrogen-bond acceptors (Lipinski definition) is 7. The van der Waals surface area contributed by atoms with E-state index < -0.39 is 5.97 Å². The summed E-state index contributed by atoms with van der Waals surface area (Å²) in [6.45, 7) is 2.17. The minimum Gasteiger partial charge on any atom is -0.489 e. The zero-order chi connectivity index (χ0) is 26.4. The highest BCUT2D eigenvalue weighted by atomic mass is 16.7. The monoisotopic (exact) mass is 524 g/mol. The normalized spacial score (nSPS) is 12.1. The molecule has 1 aliphatic rings. The molecule has 5 aromatic rings. The van der Waals surface area contributed by atoms with Crippen molar-refractivity contribution in [1.82, 2.24) is 10.3 Å². The molecule has 0 atom stereocenters. The number of benzene rings is 3. The van der Waals surface area contributed by atoms with Gasteiger partial charge in [0.1, 0.15) is 36.2 Å². The molecule has 0 spiro atoms. The van der Waals surface area contributed by atoms with Gasteiger partial charge in [-0.15, -0.1) is 0 Å². The number of esters is 1. The highest BCUT2D eigenvalue weighted by molar-refractivity contribution is 5.95. The average Bonchev–Trinajstić information content (AvgIpc) is 3.72. The Hall–Kier alpha value is -4.69. The summed E-state index contributed by atoms with van der Waals surface area (Å²) < 4.78 is 28.0. The van der Waals surface area contributed by atoms with E-state index in [1.165, 1.54) is 5.56 Å². The fourth-order valence-electron chi connectivity index (χ4n) is 4.40. The van der Waals surface area contributed by atoms with Crippen LogP contribution in [-0.4, -0.2) is 24.3 Å². The Kier molecular flexibility index (Phi) is 7.18. The maximum Gasteiger partial charge on any atom is 0.355 e. The third-order valence-corrected chi connectivity index (χ3v) is 6.45. The van der Waals surface area contributed by atoms with E-state index in [4.69, 9.17) is 23.4 Å². The van der Waals surface area contributed by atoms with E-state index in [2.05, 4.69) is 10.3 Å². The second-order valence-corrected chi connectivity index (χ2v) is 9.26. The summed E-state index contributed by atoms with van der Waals surface area (Å²) in [5, 5.41) is 4.27. The summed E-state index contributed by atoms with van der Waals surface area (Å²) in [7, 11) is 0. The maximum atomic E-state index is 12.7. The average molecular weight is 525 g/mol. The molecule has 2 N–H and O–H groups in total. The minimum absolute atomic E-state index is 0.0524. The second-order valence-electron chi connectivity index (χ2n) is 9.26. The van der Waals surface area contributed by atoms with Gasteiger partial charge in [0, 0.05) is 17.0 Å². The largest absolute Gasteiger partial charge is 0.489 e. The van der Waals surface area contributed by atoms with Gasteiger partial charge in [-0.3, -0.25) is 0 Å². The lowest BCUT2D eigenvalue weighted by molar-refractivity contribution is 0.0438. The van der Waals surface area contributed by atoms with Gasteiger partial charge in [-0.25, -0.2) is 4.79 Å². The third-order valence-electron chi connectivity index (χ3n) is 6.45. The van der Waals surface area contributed by atoms with Gasteiger partial charge in [0.25, 0.3) is 0 Å². The van der Waals surface area contributed by atoms with Crippen LogP contribution in [0.1, 0.15) is 33.1 Å². The molecule has 6 rings (SSSR count). The summed E-state index contributed by atoms with van der Waals surface area (Å²) in [5.74, 6) is 3.23. The first-order valence-electron chi connectivity index (χ1n) is 12.8. The van der Waals surface area contributed by atoms with Gasteiger partial charge < -0.3 is 33.7 Å². The van der Waals surface area contributed by atoms with Gasteiger partial charge in [-0.2, -0.15) is 0 Å². The Bertz CT molecular complexity index is 1570. The molecule has 0 saturated heterocycles. The smallest absolute Gasteiger partial charge is 0.355 e. The fourth-order valence-corrected chi connectivity index (χ4v) is 4.40. The van der Waals surface area contributed by atoms with Gasteiger partial charge in [-0.1, -0.05) is 36.4 Å². The van der Waals surface area contributed by atoms with Crippen molar-refractivity contribution in [3.05, 3.63) is 113 Å². The van der Waals surface area contributed by atoms with Crippen molar-refractivity contribution in [2.24, 2.45) is 0 Å². The van der Waals surface area contributed by atoms with Crippen molar-refractivity contribution in [2.75, 3.05) is 13.3 Å². The highest BCUT2D eigenvalue weighted by Crippen LogP contribution is 2.32. The van der Waals surface area contributed by atoms with Crippen molar-refractivity contribution >= 4 is 16.9 Å². The highest BCUT2D eigenvalue weighted by Gasteiger charge is 2.14. The minimum atomic E-state index is -0.447. The number of furan rings is 1. The molecule has 2 aromatic heterocycles. The maximum absolute atomic E-state index is 12.7. The molecular formula is C31H28N2O6. The predicted octanol–water partition coefficient (Wildman–Crippen LogP) is 5.76. The van der Waals surface area contributed by atoms with Crippen LogP contribution in [0.25, 0.3) is 10.9 Å². The van der Waals surface area contributed by atoms with E-state index in [9.17, 15) is 4.79 Å². The molecule has 0 fully saturated rings. The number of H-pyrrole nitrogens is 1. The van der Waals surface area contributed by atoms with E-state index in [-0.39, 0.29) is 13.4 Å². The van der Waals surface area contributed by atoms with Crippen molar-refractivity contribution in [3.8, 4) is 17.2 Å². The van der Waals surface area contributed by atoms with Crippen LogP contribution in [0, 0.1) is 0 Å². The van der Waals surface area contributed by atoms with Crippen LogP contribution >= 0.6 is 0 Å². The van der Waals surface area contributed by atoms with Crippen LogP contribution in [0.4, 0.5) is 0 Å². The van der Waals surface area contributed by atoms with Crippen LogP contribution in [0.5, 0.6) is 17.2 Å². The molecule has 0 radical (unpaired) electrons. The van der Waals surface area contributed by atoms with Crippen LogP contribution < -0.4 is 19.5 Å². The zero-order valence-electron chi connectivity index (χ0n) is 21.3. The SMILES string of the molecule is O=C(OCc1ccc(CNCCc2ccc3c(c2)OCO3)o1)c1cc2ccc(OCc3ccccc3)cc2[nH]1. The number of carbonyl (C=O) groups excluding carboxylic acids is 1. The van der Waals surface area contributed by atoms with E-state index in [1.807, 2.05) is 78.9 Å². The van der Waals surface area contributed by atoms with Crippen molar-refractivity contribution in [1.29, 1.82) is 0 Å². The van der Waals surface area contributed by atoms with Crippen LogP contribution in [-0.2, 0) is 30.9 Å². The lowest BCUT2D eigenvalue weighted by Crippen LogP contribution is -2.16. The Morgan fingerprint density at radius 1 is 0.846 bits per heavy atom. The molecule has 0 unspecified atom stereocenters. The van der Waals surface area contributed by atoms with Crippen LogP contribution in [0.15, 0.2) is 89.3 Å². The van der Waals surface area contributed by atoms with Gasteiger partial charge in [-0.05, 0) is 66.6 Å². The summed E-state index contributed by atoms with van der Waals surface area (Å²) >= 11 is 0. The number of carbonyl (C=O) groups is 1. The summed E-state index contributed by atoms with van der Waals surface area (Å²) in [5.41, 5.74) is 3.44. The van der Waals surface area contributed by atoms with E-state index >= 15 is 0 Å². The second kappa shape index (κ2) is 11.4. The number of ether oxygens (including phenoxy) is 4. The Morgan fingerprint density at radius 2 is 1.72 bits per heavy atom. The molecule has 0 saturated carbocycles. The van der Waals surface area contributed by atoms with Crippen molar-refractivity contribution in [3.63, 3.8) is 0 Å². The van der Waals surface area contributed by atoms with Crippen molar-refractivity contribution < 1.29 is 28.2 Å². The number of fused-ring (bicyclic) bond motifs is 2. The lowest BCUT2D eigenvalue weighted by Gasteiger charge is -2.06. The molecule has 3 aromatic carbocycles. The van der Waals surface area contributed by atoms with Gasteiger partial charge in [0.15, 0.2) is 11.5 Å². The zero-order valence-corrected chi connectivity index (χ0v) is 21.3. The first-order chi connectivity index (χ1) is 19.2. The molecule has 1 aliphatic heterocycles. The molecule has 198 valence electrons. The Labute approximate surface area is 225 Å². The van der Waals surface area contributed by atoms with E-state index in [1.54, 1.807) is 6.07 Å². The summed E-state index contributed by atoms with van der Waals surface area (Å²) in [6.07, 6.45) is 0.854. The van der Waals surface area contributed by atoms with Crippen LogP contribution in [0.2, 0.25) is 0 Å². The molecule has 8 heteroatoms. The molecular weight excluding hydrogens is 496 g/mol. The van der Waals surface area contributed by atoms with Gasteiger partial charge >= 0.3 is 5.97 Å². The van der Waals surface area contributed by atoms with Gasteiger partial charge in [0.2, 0.25) is 6.79 Å². The fraction of sp³-hybridized carbons (Fsp3) is 0.194. The van der Waals surface area contributed by atoms with E-state index in [0.29, 0.717) is 24.6 Å². The molecule has 39 heavy (non-hydrogen) atoms. The number of rotatable bonds is 11. The number of nitrogens with one attached hydrogen (secondary N) is 2. The summed E-state index contributed by atoms with van der Waals surface area (Å²) in [4.78, 5) is 15.8. The standard InChI is InChI=1S/C31H28N2O6/c34-31(28-15-23-7-8-24(16-27(23)33-28)35-18-22-4-2-1-3-5-22)36-19-26-10-9-25(39-26)17-32-13-12-21-6-11-29-30(14-21)38-20-37-29/h1-11,14-16,32-33H,12-13,17-20H2. The molecule has 0 amide bonds. The summed E-state index contributed by atoms with van der Waals surface area (Å²) in [6, 6.07) is 27.1. The molecule has 3 heterocycles.